The summed E-state index contributed by atoms with van der Waals surface area (Å²) in [4.78, 5) is 0. The molecule has 0 saturated heterocycles. The topological polar surface area (TPSA) is 0 Å². The highest BCUT2D eigenvalue weighted by Gasteiger charge is 2.30. The third-order valence-electron chi connectivity index (χ3n) is 7.71. The molecule has 0 N–H and O–H groups in total. The summed E-state index contributed by atoms with van der Waals surface area (Å²) in [6.07, 6.45) is 14.0. The Bertz CT molecular complexity index is 650. The minimum absolute atomic E-state index is 0.344. The Balaban J connectivity index is 1.36. The first kappa shape index (κ1) is 22.4. The molecule has 0 aromatic heterocycles. The van der Waals surface area contributed by atoms with Crippen LogP contribution in [-0.4, -0.2) is 0 Å². The number of hydrogen-bond acceptors (Lipinski definition) is 0. The van der Waals surface area contributed by atoms with E-state index < -0.39 is 17.8 Å². The van der Waals surface area contributed by atoms with E-state index in [2.05, 4.69) is 12.7 Å². The van der Waals surface area contributed by atoms with Gasteiger partial charge in [0.2, 0.25) is 0 Å². The number of benzene rings is 1. The summed E-state index contributed by atoms with van der Waals surface area (Å²) in [5.74, 6) is 2.71. The molecule has 29 heavy (non-hydrogen) atoms. The Morgan fingerprint density at radius 2 is 1.59 bits per heavy atom. The summed E-state index contributed by atoms with van der Waals surface area (Å²) in [7, 11) is 0. The molecule has 0 unspecified atom stereocenters. The molecule has 2 saturated carbocycles. The van der Waals surface area contributed by atoms with Crippen molar-refractivity contribution >= 4 is 0 Å². The fourth-order valence-corrected chi connectivity index (χ4v) is 5.74. The van der Waals surface area contributed by atoms with Crippen molar-refractivity contribution in [2.45, 2.75) is 90.4 Å². The largest absolute Gasteiger partial charge is 0.266 e. The second-order valence-electron chi connectivity index (χ2n) is 9.51. The molecular weight excluding hydrogens is 369 g/mol. The molecule has 1 aromatic rings. The second-order valence-corrected chi connectivity index (χ2v) is 9.51. The molecule has 0 aliphatic heterocycles. The van der Waals surface area contributed by atoms with Gasteiger partial charge in [0.1, 0.15) is 5.82 Å². The van der Waals surface area contributed by atoms with Gasteiger partial charge in [-0.15, -0.1) is 6.58 Å². The maximum atomic E-state index is 14.3. The summed E-state index contributed by atoms with van der Waals surface area (Å²) in [5.41, 5.74) is 0.378. The molecule has 1 aromatic carbocycles. The van der Waals surface area contributed by atoms with Crippen molar-refractivity contribution in [1.29, 1.82) is 0 Å². The Kier molecular flexibility index (Phi) is 8.26. The zero-order valence-electron chi connectivity index (χ0n) is 17.9. The fraction of sp³-hybridized carbons (Fsp3) is 0.692. The van der Waals surface area contributed by atoms with Gasteiger partial charge < -0.3 is 0 Å². The van der Waals surface area contributed by atoms with E-state index in [9.17, 15) is 13.2 Å². The van der Waals surface area contributed by atoms with Gasteiger partial charge in [0.15, 0.2) is 0 Å². The molecule has 2 aliphatic carbocycles. The maximum absolute atomic E-state index is 14.3. The summed E-state index contributed by atoms with van der Waals surface area (Å²) < 4.78 is 40.5. The summed E-state index contributed by atoms with van der Waals surface area (Å²) >= 11 is 0. The van der Waals surface area contributed by atoms with Crippen LogP contribution in [0.3, 0.4) is 0 Å². The summed E-state index contributed by atoms with van der Waals surface area (Å²) in [6.45, 7) is 5.50. The first-order valence-corrected chi connectivity index (χ1v) is 11.7. The van der Waals surface area contributed by atoms with Crippen LogP contribution in [0.4, 0.5) is 13.2 Å². The average Bonchev–Trinajstić information content (AvgIpc) is 2.73. The van der Waals surface area contributed by atoms with E-state index in [-0.39, 0.29) is 0 Å². The fourth-order valence-electron chi connectivity index (χ4n) is 5.74. The van der Waals surface area contributed by atoms with Crippen LogP contribution in [0.25, 0.3) is 0 Å². The molecule has 3 rings (SSSR count). The van der Waals surface area contributed by atoms with Gasteiger partial charge in [-0.2, -0.15) is 0 Å². The summed E-state index contributed by atoms with van der Waals surface area (Å²) in [6, 6.07) is 3.31. The van der Waals surface area contributed by atoms with Gasteiger partial charge in [0.25, 0.3) is 6.43 Å². The molecule has 2 aliphatic rings. The Hall–Kier alpha value is -1.25. The van der Waals surface area contributed by atoms with Crippen LogP contribution < -0.4 is 0 Å². The van der Waals surface area contributed by atoms with E-state index in [1.54, 1.807) is 19.1 Å². The van der Waals surface area contributed by atoms with Gasteiger partial charge in [-0.3, -0.25) is 0 Å². The zero-order valence-corrected chi connectivity index (χ0v) is 17.9. The molecule has 3 heteroatoms. The van der Waals surface area contributed by atoms with Crippen LogP contribution in [0, 0.1) is 36.4 Å². The van der Waals surface area contributed by atoms with Gasteiger partial charge in [-0.1, -0.05) is 43.9 Å². The average molecular weight is 407 g/mol. The van der Waals surface area contributed by atoms with Crippen molar-refractivity contribution < 1.29 is 13.2 Å². The first-order chi connectivity index (χ1) is 14.0. The van der Waals surface area contributed by atoms with Crippen molar-refractivity contribution in [1.82, 2.24) is 0 Å². The number of aryl methyl sites for hydroxylation is 2. The Morgan fingerprint density at radius 3 is 2.17 bits per heavy atom. The second kappa shape index (κ2) is 10.7. The first-order valence-electron chi connectivity index (χ1n) is 11.7. The van der Waals surface area contributed by atoms with Crippen LogP contribution in [0.15, 0.2) is 24.8 Å². The molecule has 0 spiro atoms. The highest BCUT2D eigenvalue weighted by molar-refractivity contribution is 5.34. The van der Waals surface area contributed by atoms with E-state index in [4.69, 9.17) is 0 Å². The third-order valence-corrected chi connectivity index (χ3v) is 7.71. The van der Waals surface area contributed by atoms with Gasteiger partial charge >= 0.3 is 0 Å². The van der Waals surface area contributed by atoms with Crippen LogP contribution in [0.5, 0.6) is 0 Å². The lowest BCUT2D eigenvalue weighted by Gasteiger charge is -2.37. The normalized spacial score (nSPS) is 27.9. The molecule has 0 heterocycles. The van der Waals surface area contributed by atoms with Crippen molar-refractivity contribution in [3.05, 3.63) is 47.3 Å². The highest BCUT2D eigenvalue weighted by Crippen LogP contribution is 2.42. The lowest BCUT2D eigenvalue weighted by molar-refractivity contribution is 0.145. The Labute approximate surface area is 175 Å². The summed E-state index contributed by atoms with van der Waals surface area (Å²) in [5, 5.41) is 0. The zero-order chi connectivity index (χ0) is 20.8. The monoisotopic (exact) mass is 406 g/mol. The number of alkyl halides is 2. The molecule has 0 nitrogen and oxygen atoms in total. The quantitative estimate of drug-likeness (QED) is 0.299. The number of allylic oxidation sites excluding steroid dienone is 1. The number of unbranched alkanes of at least 4 members (excludes halogenated alkanes) is 1. The molecule has 0 amide bonds. The van der Waals surface area contributed by atoms with Crippen LogP contribution in [0.2, 0.25) is 0 Å². The number of hydrogen-bond donors (Lipinski definition) is 0. The van der Waals surface area contributed by atoms with Gasteiger partial charge in [0.05, 0.1) is 5.56 Å². The third kappa shape index (κ3) is 5.89. The van der Waals surface area contributed by atoms with Crippen molar-refractivity contribution in [3.8, 4) is 0 Å². The molecule has 2 fully saturated rings. The van der Waals surface area contributed by atoms with E-state index in [0.717, 1.165) is 36.5 Å². The van der Waals surface area contributed by atoms with Crippen molar-refractivity contribution in [2.24, 2.45) is 23.7 Å². The Morgan fingerprint density at radius 1 is 0.966 bits per heavy atom. The van der Waals surface area contributed by atoms with Gasteiger partial charge in [-0.05, 0) is 93.1 Å². The predicted molar refractivity (Wildman–Crippen MR) is 115 cm³/mol. The predicted octanol–water partition coefficient (Wildman–Crippen LogP) is 8.58. The van der Waals surface area contributed by atoms with E-state index in [1.807, 2.05) is 0 Å². The lowest BCUT2D eigenvalue weighted by atomic mass is 9.68. The minimum Gasteiger partial charge on any atom is -0.206 e. The minimum atomic E-state index is -2.74. The number of rotatable bonds is 8. The van der Waals surface area contributed by atoms with Crippen LogP contribution in [0.1, 0.15) is 93.7 Å². The highest BCUT2D eigenvalue weighted by atomic mass is 19.3. The van der Waals surface area contributed by atoms with Crippen LogP contribution >= 0.6 is 0 Å². The van der Waals surface area contributed by atoms with E-state index >= 15 is 0 Å². The standard InChI is InChI=1S/C26H37F3/c1-3-19-9-14-21(15-10-19)22-16-11-20(12-17-22)6-4-5-7-23-13-8-18(2)24(25(23)27)26(28)29/h3,8,13,19-22,26H,1,4-7,9-12,14-17H2,2H3. The van der Waals surface area contributed by atoms with Gasteiger partial charge in [0, 0.05) is 0 Å². The maximum Gasteiger partial charge on any atom is 0.266 e. The van der Waals surface area contributed by atoms with Gasteiger partial charge in [-0.25, -0.2) is 13.2 Å². The molecular formula is C26H37F3. The SMILES string of the molecule is C=CC1CCC(C2CCC(CCCCc3ccc(C)c(C(F)F)c3F)CC2)CC1. The molecule has 0 atom stereocenters. The molecule has 0 radical (unpaired) electrons. The lowest BCUT2D eigenvalue weighted by Crippen LogP contribution is -2.25. The van der Waals surface area contributed by atoms with Crippen LogP contribution in [-0.2, 0) is 6.42 Å². The molecule has 162 valence electrons. The smallest absolute Gasteiger partial charge is 0.206 e. The molecule has 0 bridgehead atoms. The van der Waals surface area contributed by atoms with E-state index in [1.165, 1.54) is 57.8 Å². The van der Waals surface area contributed by atoms with E-state index in [0.29, 0.717) is 17.5 Å². The van der Waals surface area contributed by atoms with Crippen molar-refractivity contribution in [3.63, 3.8) is 0 Å². The number of halogens is 3. The van der Waals surface area contributed by atoms with Crippen molar-refractivity contribution in [2.75, 3.05) is 0 Å².